The summed E-state index contributed by atoms with van der Waals surface area (Å²) in [6.45, 7) is 1.95. The largest absolute Gasteiger partial charge is 0.324 e. The normalized spacial score (nSPS) is 10.8. The third-order valence-corrected chi connectivity index (χ3v) is 4.03. The molecule has 0 aliphatic heterocycles. The van der Waals surface area contributed by atoms with Crippen molar-refractivity contribution in [2.45, 2.75) is 6.92 Å². The molecule has 4 aromatic rings. The molecule has 0 fully saturated rings. The van der Waals surface area contributed by atoms with Crippen molar-refractivity contribution >= 4 is 22.5 Å². The van der Waals surface area contributed by atoms with Gasteiger partial charge in [-0.3, -0.25) is 9.78 Å². The van der Waals surface area contributed by atoms with Gasteiger partial charge < -0.3 is 5.32 Å². The molecule has 0 spiro atoms. The van der Waals surface area contributed by atoms with Crippen molar-refractivity contribution in [3.05, 3.63) is 89.0 Å². The van der Waals surface area contributed by atoms with Gasteiger partial charge in [-0.15, -0.1) is 0 Å². The summed E-state index contributed by atoms with van der Waals surface area (Å²) in [6.07, 6.45) is 3.40. The predicted octanol–water partition coefficient (Wildman–Crippen LogP) is 3.83. The summed E-state index contributed by atoms with van der Waals surface area (Å²) in [5.74, 6) is 0.464. The summed E-state index contributed by atoms with van der Waals surface area (Å²) in [5, 5.41) is 3.82. The molecule has 5 heteroatoms. The molecular formula is C20H16N4O. The van der Waals surface area contributed by atoms with Crippen LogP contribution in [0.5, 0.6) is 0 Å². The summed E-state index contributed by atoms with van der Waals surface area (Å²) in [5.41, 5.74) is 3.09. The SMILES string of the molecule is Cc1cccc2c(=O)n(-c3ccccc3)c(Nc3cccnc3)nc12. The molecule has 1 N–H and O–H groups in total. The fourth-order valence-corrected chi connectivity index (χ4v) is 2.82. The summed E-state index contributed by atoms with van der Waals surface area (Å²) in [6, 6.07) is 18.9. The Hall–Kier alpha value is -3.47. The molecular weight excluding hydrogens is 312 g/mol. The van der Waals surface area contributed by atoms with E-state index in [1.807, 2.05) is 67.6 Å². The van der Waals surface area contributed by atoms with Crippen LogP contribution in [0.4, 0.5) is 11.6 Å². The predicted molar refractivity (Wildman–Crippen MR) is 99.6 cm³/mol. The van der Waals surface area contributed by atoms with E-state index < -0.39 is 0 Å². The number of nitrogens with zero attached hydrogens (tertiary/aromatic N) is 3. The van der Waals surface area contributed by atoms with Crippen LogP contribution >= 0.6 is 0 Å². The van der Waals surface area contributed by atoms with Gasteiger partial charge in [0.15, 0.2) is 0 Å². The van der Waals surface area contributed by atoms with Gasteiger partial charge in [-0.05, 0) is 42.8 Å². The Kier molecular flexibility index (Phi) is 3.74. The first-order valence-corrected chi connectivity index (χ1v) is 7.99. The molecule has 0 amide bonds. The maximum Gasteiger partial charge on any atom is 0.267 e. The fraction of sp³-hybridized carbons (Fsp3) is 0.0500. The second kappa shape index (κ2) is 6.20. The lowest BCUT2D eigenvalue weighted by Crippen LogP contribution is -2.23. The lowest BCUT2D eigenvalue weighted by molar-refractivity contribution is 0.972. The molecule has 4 rings (SSSR count). The van der Waals surface area contributed by atoms with Crippen molar-refractivity contribution in [1.29, 1.82) is 0 Å². The quantitative estimate of drug-likeness (QED) is 0.621. The van der Waals surface area contributed by atoms with Gasteiger partial charge in [0.05, 0.1) is 28.5 Å². The molecule has 0 aliphatic rings. The number of anilines is 2. The highest BCUT2D eigenvalue weighted by Crippen LogP contribution is 2.21. The molecule has 122 valence electrons. The van der Waals surface area contributed by atoms with Crippen molar-refractivity contribution in [3.63, 3.8) is 0 Å². The third-order valence-electron chi connectivity index (χ3n) is 4.03. The molecule has 0 radical (unpaired) electrons. The highest BCUT2D eigenvalue weighted by molar-refractivity contribution is 5.82. The van der Waals surface area contributed by atoms with E-state index in [1.54, 1.807) is 17.0 Å². The minimum absolute atomic E-state index is 0.105. The molecule has 0 saturated carbocycles. The number of benzene rings is 2. The Morgan fingerprint density at radius 2 is 1.80 bits per heavy atom. The maximum absolute atomic E-state index is 13.2. The van der Waals surface area contributed by atoms with Gasteiger partial charge in [0.1, 0.15) is 0 Å². The van der Waals surface area contributed by atoms with Gasteiger partial charge in [-0.2, -0.15) is 0 Å². The third kappa shape index (κ3) is 2.76. The number of fused-ring (bicyclic) bond motifs is 1. The van der Waals surface area contributed by atoms with E-state index in [0.29, 0.717) is 16.9 Å². The van der Waals surface area contributed by atoms with Crippen molar-refractivity contribution in [2.24, 2.45) is 0 Å². The van der Waals surface area contributed by atoms with E-state index >= 15 is 0 Å². The Morgan fingerprint density at radius 3 is 2.56 bits per heavy atom. The van der Waals surface area contributed by atoms with E-state index in [-0.39, 0.29) is 5.56 Å². The van der Waals surface area contributed by atoms with Gasteiger partial charge in [0.2, 0.25) is 5.95 Å². The molecule has 0 atom stereocenters. The first kappa shape index (κ1) is 15.1. The first-order valence-electron chi connectivity index (χ1n) is 7.99. The number of aromatic nitrogens is 3. The van der Waals surface area contributed by atoms with E-state index in [2.05, 4.69) is 10.3 Å². The van der Waals surface area contributed by atoms with Crippen molar-refractivity contribution in [1.82, 2.24) is 14.5 Å². The average molecular weight is 328 g/mol. The highest BCUT2D eigenvalue weighted by atomic mass is 16.1. The second-order valence-corrected chi connectivity index (χ2v) is 5.75. The molecule has 5 nitrogen and oxygen atoms in total. The Morgan fingerprint density at radius 1 is 0.960 bits per heavy atom. The Labute approximate surface area is 144 Å². The van der Waals surface area contributed by atoms with Gasteiger partial charge in [0, 0.05) is 6.20 Å². The van der Waals surface area contributed by atoms with Gasteiger partial charge >= 0.3 is 0 Å². The number of para-hydroxylation sites is 2. The van der Waals surface area contributed by atoms with Crippen molar-refractivity contribution < 1.29 is 0 Å². The van der Waals surface area contributed by atoms with Gasteiger partial charge in [-0.25, -0.2) is 9.55 Å². The summed E-state index contributed by atoms with van der Waals surface area (Å²) in [7, 11) is 0. The number of hydrogen-bond acceptors (Lipinski definition) is 4. The van der Waals surface area contributed by atoms with E-state index in [1.165, 1.54) is 0 Å². The lowest BCUT2D eigenvalue weighted by Gasteiger charge is -2.15. The second-order valence-electron chi connectivity index (χ2n) is 5.75. The Bertz CT molecular complexity index is 1090. The van der Waals surface area contributed by atoms with Crippen LogP contribution in [0, 0.1) is 6.92 Å². The molecule has 0 bridgehead atoms. The standard InChI is InChI=1S/C20H16N4O/c1-14-7-5-11-17-18(14)23-20(22-15-8-6-12-21-13-15)24(19(17)25)16-9-3-2-4-10-16/h2-13H,1H3,(H,22,23). The number of hydrogen-bond donors (Lipinski definition) is 1. The zero-order valence-electron chi connectivity index (χ0n) is 13.7. The zero-order chi connectivity index (χ0) is 17.2. The van der Waals surface area contributed by atoms with Crippen LogP contribution in [0.1, 0.15) is 5.56 Å². The van der Waals surface area contributed by atoms with Crippen LogP contribution in [0.15, 0.2) is 77.9 Å². The minimum Gasteiger partial charge on any atom is -0.324 e. The number of nitrogens with one attached hydrogen (secondary N) is 1. The zero-order valence-corrected chi connectivity index (χ0v) is 13.7. The smallest absolute Gasteiger partial charge is 0.267 e. The average Bonchev–Trinajstić information content (AvgIpc) is 2.64. The first-order chi connectivity index (χ1) is 12.2. The lowest BCUT2D eigenvalue weighted by atomic mass is 10.1. The van der Waals surface area contributed by atoms with Gasteiger partial charge in [-0.1, -0.05) is 30.3 Å². The fourth-order valence-electron chi connectivity index (χ4n) is 2.82. The minimum atomic E-state index is -0.105. The number of aryl methyl sites for hydroxylation is 1. The Balaban J connectivity index is 2.01. The van der Waals surface area contributed by atoms with Crippen LogP contribution in [0.25, 0.3) is 16.6 Å². The van der Waals surface area contributed by atoms with Crippen LogP contribution in [0.3, 0.4) is 0 Å². The van der Waals surface area contributed by atoms with Gasteiger partial charge in [0.25, 0.3) is 5.56 Å². The van der Waals surface area contributed by atoms with Crippen LogP contribution in [-0.2, 0) is 0 Å². The van der Waals surface area contributed by atoms with E-state index in [9.17, 15) is 4.79 Å². The molecule has 2 aromatic heterocycles. The van der Waals surface area contributed by atoms with Crippen LogP contribution in [0.2, 0.25) is 0 Å². The van der Waals surface area contributed by atoms with Crippen molar-refractivity contribution in [3.8, 4) is 5.69 Å². The van der Waals surface area contributed by atoms with Crippen LogP contribution < -0.4 is 10.9 Å². The van der Waals surface area contributed by atoms with Crippen molar-refractivity contribution in [2.75, 3.05) is 5.32 Å². The number of pyridine rings is 1. The monoisotopic (exact) mass is 328 g/mol. The highest BCUT2D eigenvalue weighted by Gasteiger charge is 2.14. The summed E-state index contributed by atoms with van der Waals surface area (Å²) in [4.78, 5) is 22.0. The van der Waals surface area contributed by atoms with E-state index in [0.717, 1.165) is 16.9 Å². The topological polar surface area (TPSA) is 59.8 Å². The molecule has 0 unspecified atom stereocenters. The summed E-state index contributed by atoms with van der Waals surface area (Å²) < 4.78 is 1.59. The molecule has 0 saturated heterocycles. The molecule has 2 heterocycles. The van der Waals surface area contributed by atoms with Crippen LogP contribution in [-0.4, -0.2) is 14.5 Å². The van der Waals surface area contributed by atoms with E-state index in [4.69, 9.17) is 4.98 Å². The molecule has 25 heavy (non-hydrogen) atoms. The maximum atomic E-state index is 13.2. The molecule has 0 aliphatic carbocycles. The summed E-state index contributed by atoms with van der Waals surface area (Å²) >= 11 is 0. The number of rotatable bonds is 3. The molecule has 2 aromatic carbocycles.